The number of oxime groups is 1. The van der Waals surface area contributed by atoms with E-state index in [4.69, 9.17) is 9.36 Å². The van der Waals surface area contributed by atoms with Crippen LogP contribution in [0.1, 0.15) is 49.7 Å². The highest BCUT2D eigenvalue weighted by molar-refractivity contribution is 6.74. The lowest BCUT2D eigenvalue weighted by Crippen LogP contribution is -2.41. The number of nitrogens with zero attached hydrogens (tertiary/aromatic N) is 6. The highest BCUT2D eigenvalue weighted by atomic mass is 28.4. The predicted molar refractivity (Wildman–Crippen MR) is 125 cm³/mol. The fraction of sp³-hybridized carbons (Fsp3) is 0.478. The van der Waals surface area contributed by atoms with Gasteiger partial charge in [-0.15, -0.1) is 0 Å². The summed E-state index contributed by atoms with van der Waals surface area (Å²) in [6, 6.07) is 10.6. The summed E-state index contributed by atoms with van der Waals surface area (Å²) in [6.45, 7) is 11.1. The maximum atomic E-state index is 13.4. The number of carbonyl (C=O) groups is 1. The highest BCUT2D eigenvalue weighted by Crippen LogP contribution is 2.45. The summed E-state index contributed by atoms with van der Waals surface area (Å²) in [4.78, 5) is 21.0. The number of hydrogen-bond donors (Lipinski definition) is 0. The third-order valence-corrected chi connectivity index (χ3v) is 11.0. The van der Waals surface area contributed by atoms with Crippen LogP contribution >= 0.6 is 0 Å². The van der Waals surface area contributed by atoms with Crippen LogP contribution in [0.3, 0.4) is 0 Å². The van der Waals surface area contributed by atoms with Gasteiger partial charge in [-0.2, -0.15) is 15.4 Å². The first-order valence-corrected chi connectivity index (χ1v) is 13.9. The minimum atomic E-state index is -2.24. The Hall–Kier alpha value is -3.16. The number of nitriles is 1. The zero-order valence-corrected chi connectivity index (χ0v) is 20.9. The number of hydroxylamine groups is 2. The quantitative estimate of drug-likeness (QED) is 0.360. The molecule has 0 N–H and O–H groups in total. The van der Waals surface area contributed by atoms with Gasteiger partial charge in [0.05, 0.1) is 18.4 Å². The van der Waals surface area contributed by atoms with E-state index in [0.29, 0.717) is 6.54 Å². The van der Waals surface area contributed by atoms with Gasteiger partial charge in [0.15, 0.2) is 5.71 Å². The summed E-state index contributed by atoms with van der Waals surface area (Å²) in [5.41, 5.74) is 2.71. The molecule has 0 saturated carbocycles. The normalized spacial score (nSPS) is 20.6. The zero-order chi connectivity index (χ0) is 24.0. The van der Waals surface area contributed by atoms with Crippen molar-refractivity contribution < 1.29 is 14.2 Å². The number of carbonyl (C=O) groups excluding carboxylic acids is 1. The van der Waals surface area contributed by atoms with E-state index in [1.54, 1.807) is 22.8 Å². The van der Waals surface area contributed by atoms with Crippen LogP contribution in [0.4, 0.5) is 4.79 Å². The molecule has 2 aromatic rings. The molecule has 0 spiro atoms. The molecule has 0 unspecified atom stereocenters. The summed E-state index contributed by atoms with van der Waals surface area (Å²) in [7, 11) is -0.432. The van der Waals surface area contributed by atoms with E-state index in [1.165, 1.54) is 5.06 Å². The number of aryl methyl sites for hydroxylation is 1. The van der Waals surface area contributed by atoms with Crippen molar-refractivity contribution in [1.82, 2.24) is 19.7 Å². The van der Waals surface area contributed by atoms with Crippen molar-refractivity contribution in [2.45, 2.75) is 57.6 Å². The first kappa shape index (κ1) is 23.0. The first-order chi connectivity index (χ1) is 15.5. The molecule has 1 saturated heterocycles. The number of urea groups is 1. The van der Waals surface area contributed by atoms with E-state index in [-0.39, 0.29) is 29.4 Å². The molecule has 174 valence electrons. The van der Waals surface area contributed by atoms with Crippen LogP contribution < -0.4 is 0 Å². The van der Waals surface area contributed by atoms with E-state index >= 15 is 0 Å². The molecule has 2 amide bonds. The lowest BCUT2D eigenvalue weighted by molar-refractivity contribution is -0.141. The topological polar surface area (TPSA) is 96.0 Å². The van der Waals surface area contributed by atoms with Crippen molar-refractivity contribution >= 4 is 20.1 Å². The smallest absolute Gasteiger partial charge is 0.345 e. The fourth-order valence-corrected chi connectivity index (χ4v) is 4.41. The van der Waals surface area contributed by atoms with E-state index in [1.807, 2.05) is 30.3 Å². The van der Waals surface area contributed by atoms with Gasteiger partial charge in [-0.25, -0.2) is 4.79 Å². The molecule has 2 bridgehead atoms. The van der Waals surface area contributed by atoms with Crippen LogP contribution in [0.25, 0.3) is 0 Å². The maximum absolute atomic E-state index is 13.4. The molecule has 1 aromatic carbocycles. The molecule has 2 aliphatic rings. The minimum Gasteiger partial charge on any atom is -0.454 e. The van der Waals surface area contributed by atoms with Crippen LogP contribution in [-0.2, 0) is 23.0 Å². The number of rotatable bonds is 6. The number of fused-ring (bicyclic) bond motifs is 4. The van der Waals surface area contributed by atoms with Crippen molar-refractivity contribution in [3.8, 4) is 6.07 Å². The van der Waals surface area contributed by atoms with Crippen molar-refractivity contribution in [3.05, 3.63) is 53.3 Å². The lowest BCUT2D eigenvalue weighted by atomic mass is 9.95. The van der Waals surface area contributed by atoms with E-state index < -0.39 is 14.4 Å². The van der Waals surface area contributed by atoms with Gasteiger partial charge in [0.2, 0.25) is 0 Å². The summed E-state index contributed by atoms with van der Waals surface area (Å²) >= 11 is 0. The fourth-order valence-electron chi connectivity index (χ4n) is 3.81. The van der Waals surface area contributed by atoms with Crippen LogP contribution in [0.5, 0.6) is 0 Å². The van der Waals surface area contributed by atoms with Gasteiger partial charge in [0.1, 0.15) is 24.8 Å². The minimum absolute atomic E-state index is 0.0715. The molecular weight excluding hydrogens is 436 g/mol. The van der Waals surface area contributed by atoms with Crippen LogP contribution in [0.2, 0.25) is 18.1 Å². The van der Waals surface area contributed by atoms with Gasteiger partial charge in [0.25, 0.3) is 8.32 Å². The van der Waals surface area contributed by atoms with Crippen LogP contribution in [0, 0.1) is 11.3 Å². The molecule has 10 heteroatoms. The average Bonchev–Trinajstić information content (AvgIpc) is 3.28. The second-order valence-electron chi connectivity index (χ2n) is 9.99. The van der Waals surface area contributed by atoms with Crippen LogP contribution in [-0.4, -0.2) is 46.3 Å². The Labute approximate surface area is 195 Å². The molecule has 0 radical (unpaired) electrons. The molecular formula is C23H30N6O3Si. The molecule has 3 heterocycles. The molecule has 33 heavy (non-hydrogen) atoms. The van der Waals surface area contributed by atoms with Gasteiger partial charge in [-0.05, 0) is 23.7 Å². The van der Waals surface area contributed by atoms with Gasteiger partial charge in [0, 0.05) is 12.6 Å². The van der Waals surface area contributed by atoms with Crippen molar-refractivity contribution in [2.75, 3.05) is 6.54 Å². The second-order valence-corrected chi connectivity index (χ2v) is 14.7. The van der Waals surface area contributed by atoms with Gasteiger partial charge < -0.3 is 9.43 Å². The zero-order valence-electron chi connectivity index (χ0n) is 19.9. The Kier molecular flexibility index (Phi) is 5.80. The van der Waals surface area contributed by atoms with Gasteiger partial charge in [-0.3, -0.25) is 9.52 Å². The summed E-state index contributed by atoms with van der Waals surface area (Å²) < 4.78 is 7.70. The summed E-state index contributed by atoms with van der Waals surface area (Å²) in [5.74, 6) is 0. The second kappa shape index (κ2) is 8.32. The van der Waals surface area contributed by atoms with E-state index in [0.717, 1.165) is 16.8 Å². The summed E-state index contributed by atoms with van der Waals surface area (Å²) in [5, 5.41) is 20.1. The molecule has 1 fully saturated rings. The SMILES string of the molecule is Cn1ncc2c1[C@@H](/C(C#N)=N/O[Si](C)(C)C(C)(C)C)N1C[C@@H]2N(OCc2ccccc2)C1=O. The predicted octanol–water partition coefficient (Wildman–Crippen LogP) is 4.29. The monoisotopic (exact) mass is 466 g/mol. The maximum Gasteiger partial charge on any atom is 0.345 e. The molecule has 4 rings (SSSR count). The Morgan fingerprint density at radius 2 is 2.00 bits per heavy atom. The number of hydrogen-bond acceptors (Lipinski definition) is 6. The van der Waals surface area contributed by atoms with Crippen molar-refractivity contribution in [2.24, 2.45) is 12.2 Å². The molecule has 2 aliphatic heterocycles. The Balaban J connectivity index is 1.66. The number of aromatic nitrogens is 2. The molecule has 9 nitrogen and oxygen atoms in total. The molecule has 0 aliphatic carbocycles. The number of amides is 2. The highest BCUT2D eigenvalue weighted by Gasteiger charge is 2.52. The van der Waals surface area contributed by atoms with Gasteiger partial charge >= 0.3 is 6.03 Å². The van der Waals surface area contributed by atoms with Gasteiger partial charge in [-0.1, -0.05) is 56.3 Å². The third-order valence-electron chi connectivity index (χ3n) is 6.80. The van der Waals surface area contributed by atoms with E-state index in [2.05, 4.69) is 50.2 Å². The molecule has 2 atom stereocenters. The van der Waals surface area contributed by atoms with Crippen molar-refractivity contribution in [3.63, 3.8) is 0 Å². The summed E-state index contributed by atoms with van der Waals surface area (Å²) in [6.07, 6.45) is 1.74. The Morgan fingerprint density at radius 1 is 1.30 bits per heavy atom. The van der Waals surface area contributed by atoms with E-state index in [9.17, 15) is 10.1 Å². The number of benzene rings is 1. The lowest BCUT2D eigenvalue weighted by Gasteiger charge is -2.34. The third kappa shape index (κ3) is 4.02. The van der Waals surface area contributed by atoms with Crippen molar-refractivity contribution in [1.29, 1.82) is 5.26 Å². The first-order valence-electron chi connectivity index (χ1n) is 11.0. The average molecular weight is 467 g/mol. The standard InChI is InChI=1S/C23H30N6O3Si/c1-23(2,3)33(5,6)32-26-18(12-24)21-20-17(13-25-27(20)4)19-14-28(21)22(30)29(19)31-15-16-10-8-7-9-11-16/h7-11,13,19,21H,14-15H2,1-6H3/b26-18+/t19-,21+/m0/s1. The van der Waals surface area contributed by atoms with Crippen LogP contribution in [0.15, 0.2) is 41.7 Å². The Bertz CT molecular complexity index is 1120. The largest absolute Gasteiger partial charge is 0.454 e. The molecule has 1 aromatic heterocycles. The Morgan fingerprint density at radius 3 is 2.64 bits per heavy atom.